The maximum absolute atomic E-state index is 10.9. The van der Waals surface area contributed by atoms with Crippen molar-refractivity contribution in [3.05, 3.63) is 0 Å². The zero-order valence-corrected chi connectivity index (χ0v) is 7.95. The monoisotopic (exact) mass is 187 g/mol. The number of carbonyl (C=O) groups is 1. The summed E-state index contributed by atoms with van der Waals surface area (Å²) in [5, 5.41) is 8.84. The first-order valence-electron chi connectivity index (χ1n) is 4.84. The molecule has 0 aromatic rings. The summed E-state index contributed by atoms with van der Waals surface area (Å²) in [5.41, 5.74) is 2.69. The first kappa shape index (κ1) is 10.5. The highest BCUT2D eigenvalue weighted by Gasteiger charge is 2.16. The van der Waals surface area contributed by atoms with E-state index >= 15 is 0 Å². The second-order valence-corrected chi connectivity index (χ2v) is 3.55. The Morgan fingerprint density at radius 3 is 2.62 bits per heavy atom. The van der Waals surface area contributed by atoms with Gasteiger partial charge < -0.3 is 9.94 Å². The molecule has 0 radical (unpaired) electrons. The first-order chi connectivity index (χ1) is 6.20. The van der Waals surface area contributed by atoms with E-state index in [1.807, 2.05) is 0 Å². The van der Waals surface area contributed by atoms with Crippen molar-refractivity contribution in [3.63, 3.8) is 0 Å². The molecule has 0 aromatic heterocycles. The summed E-state index contributed by atoms with van der Waals surface area (Å²) in [6, 6.07) is 0.274. The fourth-order valence-corrected chi connectivity index (χ4v) is 1.45. The number of hydroxylamine groups is 1. The number of aliphatic hydroxyl groups is 1. The first-order valence-corrected chi connectivity index (χ1v) is 4.84. The molecule has 4 nitrogen and oxygen atoms in total. The average Bonchev–Trinajstić information content (AvgIpc) is 2.15. The fraction of sp³-hybridized carbons (Fsp3) is 0.889. The van der Waals surface area contributed by atoms with Crippen LogP contribution >= 0.6 is 0 Å². The molecule has 4 heteroatoms. The van der Waals surface area contributed by atoms with Crippen molar-refractivity contribution in [2.45, 2.75) is 51.2 Å². The lowest BCUT2D eigenvalue weighted by atomic mass is 9.96. The lowest BCUT2D eigenvalue weighted by Crippen LogP contribution is -2.36. The molecule has 0 bridgehead atoms. The van der Waals surface area contributed by atoms with Crippen molar-refractivity contribution in [2.75, 3.05) is 0 Å². The van der Waals surface area contributed by atoms with Gasteiger partial charge in [-0.2, -0.15) is 0 Å². The van der Waals surface area contributed by atoms with Crippen molar-refractivity contribution < 1.29 is 14.7 Å². The zero-order valence-electron chi connectivity index (χ0n) is 7.95. The predicted octanol–water partition coefficient (Wildman–Crippen LogP) is 0.748. The molecule has 1 atom stereocenters. The van der Waals surface area contributed by atoms with E-state index in [-0.39, 0.29) is 6.04 Å². The molecule has 0 aromatic carbocycles. The SMILES string of the molecule is CC(O)C(=O)ONC1CCCCC1. The summed E-state index contributed by atoms with van der Waals surface area (Å²) in [7, 11) is 0. The van der Waals surface area contributed by atoms with Gasteiger partial charge in [0.1, 0.15) is 0 Å². The highest BCUT2D eigenvalue weighted by molar-refractivity contribution is 5.73. The standard InChI is InChI=1S/C9H17NO3/c1-7(11)9(12)13-10-8-5-3-2-4-6-8/h7-8,10-11H,2-6H2,1H3. The molecule has 1 fully saturated rings. The summed E-state index contributed by atoms with van der Waals surface area (Å²) < 4.78 is 0. The predicted molar refractivity (Wildman–Crippen MR) is 47.8 cm³/mol. The van der Waals surface area contributed by atoms with Gasteiger partial charge in [-0.3, -0.25) is 0 Å². The summed E-state index contributed by atoms with van der Waals surface area (Å²) in [6.45, 7) is 1.39. The van der Waals surface area contributed by atoms with E-state index in [9.17, 15) is 4.79 Å². The Kier molecular flexibility index (Phi) is 4.18. The third kappa shape index (κ3) is 3.74. The van der Waals surface area contributed by atoms with E-state index in [0.29, 0.717) is 0 Å². The summed E-state index contributed by atoms with van der Waals surface area (Å²) >= 11 is 0. The van der Waals surface area contributed by atoms with Gasteiger partial charge in [-0.1, -0.05) is 19.3 Å². The third-order valence-electron chi connectivity index (χ3n) is 2.27. The highest BCUT2D eigenvalue weighted by atomic mass is 16.7. The minimum Gasteiger partial charge on any atom is -0.382 e. The van der Waals surface area contributed by atoms with Crippen LogP contribution in [-0.4, -0.2) is 23.2 Å². The Morgan fingerprint density at radius 2 is 2.08 bits per heavy atom. The van der Waals surface area contributed by atoms with Crippen LogP contribution in [0, 0.1) is 0 Å². The number of hydrogen-bond acceptors (Lipinski definition) is 4. The Balaban J connectivity index is 2.13. The molecule has 1 rings (SSSR count). The Hall–Kier alpha value is -0.610. The number of rotatable bonds is 3. The number of carbonyl (C=O) groups excluding carboxylic acids is 1. The van der Waals surface area contributed by atoms with Crippen molar-refractivity contribution in [1.82, 2.24) is 5.48 Å². The van der Waals surface area contributed by atoms with Crippen LogP contribution in [0.25, 0.3) is 0 Å². The van der Waals surface area contributed by atoms with Gasteiger partial charge in [-0.15, -0.1) is 5.48 Å². The smallest absolute Gasteiger partial charge is 0.353 e. The van der Waals surface area contributed by atoms with Crippen molar-refractivity contribution in [1.29, 1.82) is 0 Å². The van der Waals surface area contributed by atoms with Crippen LogP contribution in [-0.2, 0) is 9.63 Å². The Morgan fingerprint density at radius 1 is 1.46 bits per heavy atom. The summed E-state index contributed by atoms with van der Waals surface area (Å²) in [5.74, 6) is -0.606. The highest BCUT2D eigenvalue weighted by Crippen LogP contribution is 2.17. The normalized spacial score (nSPS) is 21.1. The molecule has 0 spiro atoms. The molecule has 13 heavy (non-hydrogen) atoms. The molecule has 1 aliphatic carbocycles. The van der Waals surface area contributed by atoms with Crippen molar-refractivity contribution in [2.24, 2.45) is 0 Å². The van der Waals surface area contributed by atoms with Gasteiger partial charge in [0, 0.05) is 6.04 Å². The molecule has 0 heterocycles. The van der Waals surface area contributed by atoms with Crippen LogP contribution in [0.5, 0.6) is 0 Å². The van der Waals surface area contributed by atoms with Crippen LogP contribution in [0.15, 0.2) is 0 Å². The summed E-state index contributed by atoms with van der Waals surface area (Å²) in [6.07, 6.45) is 4.69. The second-order valence-electron chi connectivity index (χ2n) is 3.55. The third-order valence-corrected chi connectivity index (χ3v) is 2.27. The number of hydrogen-bond donors (Lipinski definition) is 2. The Labute approximate surface area is 78.2 Å². The van der Waals surface area contributed by atoms with Crippen LogP contribution in [0.3, 0.4) is 0 Å². The van der Waals surface area contributed by atoms with E-state index < -0.39 is 12.1 Å². The molecule has 1 unspecified atom stereocenters. The molecule has 0 amide bonds. The molecular formula is C9H17NO3. The van der Waals surface area contributed by atoms with E-state index in [1.165, 1.54) is 26.2 Å². The molecule has 1 aliphatic rings. The average molecular weight is 187 g/mol. The van der Waals surface area contributed by atoms with Crippen LogP contribution < -0.4 is 5.48 Å². The topological polar surface area (TPSA) is 58.6 Å². The number of aliphatic hydroxyl groups excluding tert-OH is 1. The fourth-order valence-electron chi connectivity index (χ4n) is 1.45. The van der Waals surface area contributed by atoms with Gasteiger partial charge in [-0.05, 0) is 19.8 Å². The molecule has 2 N–H and O–H groups in total. The van der Waals surface area contributed by atoms with Gasteiger partial charge in [-0.25, -0.2) is 4.79 Å². The van der Waals surface area contributed by atoms with E-state index in [0.717, 1.165) is 12.8 Å². The molecule has 0 aliphatic heterocycles. The van der Waals surface area contributed by atoms with E-state index in [4.69, 9.17) is 9.94 Å². The minimum atomic E-state index is -1.05. The minimum absolute atomic E-state index is 0.274. The number of nitrogens with one attached hydrogen (secondary N) is 1. The molecular weight excluding hydrogens is 170 g/mol. The molecule has 76 valence electrons. The summed E-state index contributed by atoms with van der Waals surface area (Å²) in [4.78, 5) is 15.6. The largest absolute Gasteiger partial charge is 0.382 e. The van der Waals surface area contributed by atoms with Gasteiger partial charge in [0.05, 0.1) is 0 Å². The van der Waals surface area contributed by atoms with Crippen LogP contribution in [0.2, 0.25) is 0 Å². The zero-order chi connectivity index (χ0) is 9.68. The maximum Gasteiger partial charge on any atom is 0.353 e. The lowest BCUT2D eigenvalue weighted by molar-refractivity contribution is -0.162. The van der Waals surface area contributed by atoms with Gasteiger partial charge in [0.2, 0.25) is 0 Å². The molecule has 1 saturated carbocycles. The van der Waals surface area contributed by atoms with Crippen molar-refractivity contribution >= 4 is 5.97 Å². The molecule has 0 saturated heterocycles. The maximum atomic E-state index is 10.9. The van der Waals surface area contributed by atoms with Gasteiger partial charge in [0.15, 0.2) is 6.10 Å². The second kappa shape index (κ2) is 5.19. The van der Waals surface area contributed by atoms with Crippen LogP contribution in [0.1, 0.15) is 39.0 Å². The van der Waals surface area contributed by atoms with Crippen LogP contribution in [0.4, 0.5) is 0 Å². The van der Waals surface area contributed by atoms with E-state index in [1.54, 1.807) is 0 Å². The van der Waals surface area contributed by atoms with Gasteiger partial charge in [0.25, 0.3) is 0 Å². The Bertz CT molecular complexity index is 164. The van der Waals surface area contributed by atoms with Gasteiger partial charge >= 0.3 is 5.97 Å². The van der Waals surface area contributed by atoms with E-state index in [2.05, 4.69) is 5.48 Å². The lowest BCUT2D eigenvalue weighted by Gasteiger charge is -2.21. The van der Waals surface area contributed by atoms with Crippen molar-refractivity contribution in [3.8, 4) is 0 Å². The quantitative estimate of drug-likeness (QED) is 0.640.